The summed E-state index contributed by atoms with van der Waals surface area (Å²) >= 11 is 0. The van der Waals surface area contributed by atoms with Crippen molar-refractivity contribution in [2.45, 2.75) is 20.4 Å². The molecule has 2 aromatic heterocycles. The first-order chi connectivity index (χ1) is 11.9. The number of Topliss-reactive ketones (excluding diaryl/α,β-unsaturated/α-hetero) is 1. The normalized spacial score (nSPS) is 10.8. The number of carboxylic acid groups (broad SMARTS) is 1. The van der Waals surface area contributed by atoms with Crippen LogP contribution in [0.2, 0.25) is 0 Å². The predicted molar refractivity (Wildman–Crippen MR) is 89.7 cm³/mol. The number of hydrogen-bond donors (Lipinski definition) is 1. The number of benzene rings is 1. The molecule has 8 nitrogen and oxygen atoms in total. The van der Waals surface area contributed by atoms with Crippen LogP contribution in [0.1, 0.15) is 23.0 Å². The minimum atomic E-state index is -1.02. The number of hydrogen-bond acceptors (Lipinski definition) is 6. The zero-order valence-electron chi connectivity index (χ0n) is 14.0. The molecule has 0 aliphatic carbocycles. The lowest BCUT2D eigenvalue weighted by Gasteiger charge is -2.07. The fraction of sp³-hybridized carbons (Fsp3) is 0.235. The molecule has 3 rings (SSSR count). The Morgan fingerprint density at radius 1 is 1.20 bits per heavy atom. The van der Waals surface area contributed by atoms with Crippen molar-refractivity contribution in [2.24, 2.45) is 0 Å². The van der Waals surface area contributed by atoms with Crippen LogP contribution >= 0.6 is 0 Å². The molecule has 25 heavy (non-hydrogen) atoms. The minimum Gasteiger partial charge on any atom is -0.480 e. The summed E-state index contributed by atoms with van der Waals surface area (Å²) in [7, 11) is 1.49. The van der Waals surface area contributed by atoms with Crippen LogP contribution in [0.25, 0.3) is 22.0 Å². The minimum absolute atomic E-state index is 0.225. The van der Waals surface area contributed by atoms with Crippen molar-refractivity contribution in [3.8, 4) is 17.1 Å². The molecule has 0 atom stereocenters. The molecule has 0 aliphatic rings. The fourth-order valence-electron chi connectivity index (χ4n) is 2.77. The molecule has 0 radical (unpaired) electrons. The molecule has 0 fully saturated rings. The molecule has 128 valence electrons. The third kappa shape index (κ3) is 3.06. The van der Waals surface area contributed by atoms with Crippen molar-refractivity contribution in [3.05, 3.63) is 35.8 Å². The summed E-state index contributed by atoms with van der Waals surface area (Å²) in [6, 6.07) is 3.95. The number of carbonyl (C=O) groups excluding carboxylic acids is 1. The second-order valence-electron chi connectivity index (χ2n) is 5.60. The smallest absolute Gasteiger partial charge is 0.325 e. The maximum Gasteiger partial charge on any atom is 0.325 e. The lowest BCUT2D eigenvalue weighted by atomic mass is 10.0. The Bertz CT molecular complexity index is 976. The van der Waals surface area contributed by atoms with Crippen molar-refractivity contribution >= 4 is 22.7 Å². The SMILES string of the molecule is COc1ncc(-c2cc(C)c3c(c2)c(C(C)=O)nn3CC(=O)O)cn1. The Morgan fingerprint density at radius 2 is 1.88 bits per heavy atom. The number of carbonyl (C=O) groups is 2. The molecule has 0 spiro atoms. The molecule has 8 heteroatoms. The topological polar surface area (TPSA) is 107 Å². The van der Waals surface area contributed by atoms with Gasteiger partial charge in [0.1, 0.15) is 12.2 Å². The number of ketones is 1. The lowest BCUT2D eigenvalue weighted by molar-refractivity contribution is -0.137. The molecule has 3 aromatic rings. The van der Waals surface area contributed by atoms with Crippen LogP contribution < -0.4 is 4.74 Å². The van der Waals surface area contributed by atoms with Gasteiger partial charge in [0.05, 0.1) is 12.6 Å². The van der Waals surface area contributed by atoms with Crippen LogP contribution in [0.3, 0.4) is 0 Å². The zero-order chi connectivity index (χ0) is 18.1. The van der Waals surface area contributed by atoms with E-state index < -0.39 is 5.97 Å². The quantitative estimate of drug-likeness (QED) is 0.709. The molecule has 0 amide bonds. The number of fused-ring (bicyclic) bond motifs is 1. The summed E-state index contributed by atoms with van der Waals surface area (Å²) in [6.45, 7) is 2.95. The highest BCUT2D eigenvalue weighted by Crippen LogP contribution is 2.29. The fourth-order valence-corrected chi connectivity index (χ4v) is 2.77. The van der Waals surface area contributed by atoms with Crippen LogP contribution in [0.15, 0.2) is 24.5 Å². The van der Waals surface area contributed by atoms with Crippen molar-refractivity contribution in [1.82, 2.24) is 19.7 Å². The maximum absolute atomic E-state index is 11.9. The molecule has 1 aromatic carbocycles. The highest BCUT2D eigenvalue weighted by atomic mass is 16.5. The first-order valence-electron chi connectivity index (χ1n) is 7.51. The Morgan fingerprint density at radius 3 is 2.44 bits per heavy atom. The van der Waals surface area contributed by atoms with Gasteiger partial charge in [-0.2, -0.15) is 5.10 Å². The van der Waals surface area contributed by atoms with Gasteiger partial charge in [0, 0.05) is 30.3 Å². The van der Waals surface area contributed by atoms with Gasteiger partial charge in [-0.25, -0.2) is 9.97 Å². The standard InChI is InChI=1S/C17H16N4O4/c1-9-4-11(12-6-18-17(25-3)19-7-12)5-13-15(10(2)22)20-21(16(9)13)8-14(23)24/h4-7H,8H2,1-3H3,(H,23,24). The molecular weight excluding hydrogens is 324 g/mol. The van der Waals surface area contributed by atoms with Crippen molar-refractivity contribution in [1.29, 1.82) is 0 Å². The summed E-state index contributed by atoms with van der Waals surface area (Å²) in [6.07, 6.45) is 3.25. The molecule has 0 saturated heterocycles. The third-order valence-corrected chi connectivity index (χ3v) is 3.80. The van der Waals surface area contributed by atoms with Gasteiger partial charge in [-0.3, -0.25) is 14.3 Å². The summed E-state index contributed by atoms with van der Waals surface area (Å²) in [5.41, 5.74) is 3.25. The molecule has 1 N–H and O–H groups in total. The third-order valence-electron chi connectivity index (χ3n) is 3.80. The van der Waals surface area contributed by atoms with Crippen LogP contribution in [0.5, 0.6) is 6.01 Å². The number of aryl methyl sites for hydroxylation is 1. The summed E-state index contributed by atoms with van der Waals surface area (Å²) in [5.74, 6) is -1.25. The van der Waals surface area contributed by atoms with E-state index in [4.69, 9.17) is 9.84 Å². The number of nitrogens with zero attached hydrogens (tertiary/aromatic N) is 4. The van der Waals surface area contributed by atoms with Crippen LogP contribution in [0, 0.1) is 6.92 Å². The van der Waals surface area contributed by atoms with Crippen LogP contribution in [0.4, 0.5) is 0 Å². The van der Waals surface area contributed by atoms with Crippen molar-refractivity contribution in [3.63, 3.8) is 0 Å². The Balaban J connectivity index is 2.21. The van der Waals surface area contributed by atoms with Crippen molar-refractivity contribution in [2.75, 3.05) is 7.11 Å². The lowest BCUT2D eigenvalue weighted by Crippen LogP contribution is -2.11. The second kappa shape index (κ2) is 6.31. The van der Waals surface area contributed by atoms with Gasteiger partial charge >= 0.3 is 12.0 Å². The maximum atomic E-state index is 11.9. The molecule has 2 heterocycles. The highest BCUT2D eigenvalue weighted by Gasteiger charge is 2.18. The van der Waals surface area contributed by atoms with Gasteiger partial charge in [-0.05, 0) is 30.2 Å². The van der Waals surface area contributed by atoms with Gasteiger partial charge in [-0.15, -0.1) is 0 Å². The molecule has 0 saturated carbocycles. The van der Waals surface area contributed by atoms with Gasteiger partial charge in [0.15, 0.2) is 5.78 Å². The zero-order valence-corrected chi connectivity index (χ0v) is 14.0. The number of carboxylic acids is 1. The van der Waals surface area contributed by atoms with E-state index in [0.29, 0.717) is 10.9 Å². The van der Waals surface area contributed by atoms with Crippen LogP contribution in [-0.4, -0.2) is 43.7 Å². The summed E-state index contributed by atoms with van der Waals surface area (Å²) < 4.78 is 6.30. The number of aromatic nitrogens is 4. The number of aliphatic carboxylic acids is 1. The van der Waals surface area contributed by atoms with Gasteiger partial charge in [0.2, 0.25) is 0 Å². The van der Waals surface area contributed by atoms with Crippen molar-refractivity contribution < 1.29 is 19.4 Å². The van der Waals surface area contributed by atoms with E-state index >= 15 is 0 Å². The molecular formula is C17H16N4O4. The Hall–Kier alpha value is -3.29. The van der Waals surface area contributed by atoms with Gasteiger partial charge < -0.3 is 9.84 Å². The average Bonchev–Trinajstić information content (AvgIpc) is 2.93. The highest BCUT2D eigenvalue weighted by molar-refractivity contribution is 6.06. The van der Waals surface area contributed by atoms with Crippen LogP contribution in [-0.2, 0) is 11.3 Å². The Kier molecular flexibility index (Phi) is 4.18. The summed E-state index contributed by atoms with van der Waals surface area (Å²) in [5, 5.41) is 13.9. The van der Waals surface area contributed by atoms with E-state index in [-0.39, 0.29) is 24.0 Å². The molecule has 0 unspecified atom stereocenters. The number of methoxy groups -OCH3 is 1. The second-order valence-corrected chi connectivity index (χ2v) is 5.60. The van der Waals surface area contributed by atoms with Gasteiger partial charge in [0.25, 0.3) is 0 Å². The van der Waals surface area contributed by atoms with E-state index in [1.54, 1.807) is 18.5 Å². The number of ether oxygens (including phenoxy) is 1. The first kappa shape index (κ1) is 16.6. The van der Waals surface area contributed by atoms with E-state index in [2.05, 4.69) is 15.1 Å². The first-order valence-corrected chi connectivity index (χ1v) is 7.51. The Labute approximate surface area is 143 Å². The van der Waals surface area contributed by atoms with Gasteiger partial charge in [-0.1, -0.05) is 0 Å². The molecule has 0 aliphatic heterocycles. The van der Waals surface area contributed by atoms with E-state index in [9.17, 15) is 9.59 Å². The van der Waals surface area contributed by atoms with E-state index in [1.807, 2.05) is 13.0 Å². The van der Waals surface area contributed by atoms with E-state index in [0.717, 1.165) is 16.7 Å². The monoisotopic (exact) mass is 340 g/mol. The summed E-state index contributed by atoms with van der Waals surface area (Å²) in [4.78, 5) is 31.2. The number of rotatable bonds is 5. The molecule has 0 bridgehead atoms. The largest absolute Gasteiger partial charge is 0.480 e. The average molecular weight is 340 g/mol. The van der Waals surface area contributed by atoms with E-state index in [1.165, 1.54) is 18.7 Å². The predicted octanol–water partition coefficient (Wildman–Crippen LogP) is 2.10.